The summed E-state index contributed by atoms with van der Waals surface area (Å²) in [7, 11) is -2.41. The van der Waals surface area contributed by atoms with Crippen LogP contribution in [0.15, 0.2) is 42.5 Å². The molecule has 2 heterocycles. The molecule has 30 heavy (non-hydrogen) atoms. The van der Waals surface area contributed by atoms with Gasteiger partial charge in [-0.05, 0) is 43.3 Å². The van der Waals surface area contributed by atoms with Crippen molar-refractivity contribution in [2.24, 2.45) is 5.92 Å². The summed E-state index contributed by atoms with van der Waals surface area (Å²) in [4.78, 5) is 12.9. The predicted molar refractivity (Wildman–Crippen MR) is 110 cm³/mol. The van der Waals surface area contributed by atoms with E-state index >= 15 is 0 Å². The van der Waals surface area contributed by atoms with Crippen molar-refractivity contribution in [1.29, 1.82) is 0 Å². The Hall–Kier alpha value is -3.02. The Morgan fingerprint density at radius 2 is 1.77 bits per heavy atom. The minimum Gasteiger partial charge on any atom is -0.497 e. The maximum atomic E-state index is 13.0. The number of carbonyl (C=O) groups is 1. The first-order valence-corrected chi connectivity index (χ1v) is 10.8. The highest BCUT2D eigenvalue weighted by Crippen LogP contribution is 2.34. The normalized spacial score (nSPS) is 22.5. The maximum Gasteiger partial charge on any atom is 0.250 e. The summed E-state index contributed by atoms with van der Waals surface area (Å²) < 4.78 is 44.1. The Balaban J connectivity index is 1.50. The Morgan fingerprint density at radius 3 is 2.50 bits per heavy atom. The number of benzene rings is 2. The van der Waals surface area contributed by atoms with E-state index in [1.807, 2.05) is 0 Å². The topological polar surface area (TPSA) is 127 Å². The number of methoxy groups -OCH3 is 1. The molecule has 2 aliphatic rings. The van der Waals surface area contributed by atoms with E-state index in [1.54, 1.807) is 49.4 Å². The number of nitrogens with one attached hydrogen (secondary N) is 4. The fraction of sp³-hybridized carbons (Fsp3) is 0.316. The van der Waals surface area contributed by atoms with E-state index in [2.05, 4.69) is 20.9 Å². The van der Waals surface area contributed by atoms with Gasteiger partial charge in [0.1, 0.15) is 5.75 Å². The molecule has 3 atom stereocenters. The van der Waals surface area contributed by atoms with E-state index in [0.717, 1.165) is 0 Å². The molecule has 0 aliphatic carbocycles. The van der Waals surface area contributed by atoms with E-state index in [9.17, 15) is 13.2 Å². The van der Waals surface area contributed by atoms with E-state index in [1.165, 1.54) is 7.11 Å². The predicted octanol–water partition coefficient (Wildman–Crippen LogP) is 1.24. The molecule has 2 aliphatic heterocycles. The molecule has 2 aromatic carbocycles. The lowest BCUT2D eigenvalue weighted by atomic mass is 10.0. The van der Waals surface area contributed by atoms with E-state index in [0.29, 0.717) is 28.6 Å². The van der Waals surface area contributed by atoms with Crippen molar-refractivity contribution in [1.82, 2.24) is 10.9 Å². The van der Waals surface area contributed by atoms with Crippen molar-refractivity contribution in [3.8, 4) is 17.2 Å². The van der Waals surface area contributed by atoms with Crippen molar-refractivity contribution in [3.63, 3.8) is 0 Å². The van der Waals surface area contributed by atoms with Crippen molar-refractivity contribution in [2.75, 3.05) is 23.9 Å². The molecule has 3 unspecified atom stereocenters. The lowest BCUT2D eigenvalue weighted by molar-refractivity contribution is -0.119. The highest BCUT2D eigenvalue weighted by Gasteiger charge is 2.46. The second-order valence-electron chi connectivity index (χ2n) is 6.96. The van der Waals surface area contributed by atoms with Gasteiger partial charge in [0.05, 0.1) is 13.0 Å². The largest absolute Gasteiger partial charge is 0.497 e. The summed E-state index contributed by atoms with van der Waals surface area (Å²) in [5.74, 6) is 0.395. The van der Waals surface area contributed by atoms with Crippen molar-refractivity contribution < 1.29 is 27.4 Å². The van der Waals surface area contributed by atoms with E-state index < -0.39 is 33.3 Å². The summed E-state index contributed by atoms with van der Waals surface area (Å²) in [6.07, 6.45) is 0. The standard InChI is InChI=1S/C19H22N4O6S/c1-11-17(18(24)20-13-5-8-15-16(9-13)29-10-28-15)19(22-21-11)30(25,26)23-12-3-6-14(27-2)7-4-12/h3-9,11,17,19,21-23H,10H2,1-2H3,(H,20,24). The summed E-state index contributed by atoms with van der Waals surface area (Å²) in [6, 6.07) is 11.0. The quantitative estimate of drug-likeness (QED) is 0.535. The molecule has 0 bridgehead atoms. The number of hydrogen-bond acceptors (Lipinski definition) is 8. The van der Waals surface area contributed by atoms with Gasteiger partial charge in [-0.25, -0.2) is 13.8 Å². The highest BCUT2D eigenvalue weighted by molar-refractivity contribution is 7.93. The van der Waals surface area contributed by atoms with E-state index in [-0.39, 0.29) is 6.79 Å². The number of carbonyl (C=O) groups excluding carboxylic acids is 1. The third-order valence-corrected chi connectivity index (χ3v) is 6.55. The van der Waals surface area contributed by atoms with Crippen LogP contribution in [0.1, 0.15) is 6.92 Å². The molecule has 4 rings (SSSR count). The Bertz CT molecular complexity index is 1040. The number of fused-ring (bicyclic) bond motifs is 1. The monoisotopic (exact) mass is 434 g/mol. The lowest BCUT2D eigenvalue weighted by Gasteiger charge is -2.21. The molecule has 0 aromatic heterocycles. The molecule has 160 valence electrons. The van der Waals surface area contributed by atoms with Gasteiger partial charge < -0.3 is 19.5 Å². The molecule has 1 amide bonds. The van der Waals surface area contributed by atoms with Gasteiger partial charge >= 0.3 is 0 Å². The zero-order valence-electron chi connectivity index (χ0n) is 16.3. The zero-order valence-corrected chi connectivity index (χ0v) is 17.2. The van der Waals surface area contributed by atoms with Crippen LogP contribution in [0.2, 0.25) is 0 Å². The molecular weight excluding hydrogens is 412 g/mol. The van der Waals surface area contributed by atoms with Crippen LogP contribution in [-0.2, 0) is 14.8 Å². The smallest absolute Gasteiger partial charge is 0.250 e. The molecule has 1 fully saturated rings. The van der Waals surface area contributed by atoms with Gasteiger partial charge in [0, 0.05) is 23.5 Å². The average molecular weight is 434 g/mol. The van der Waals surface area contributed by atoms with Crippen LogP contribution >= 0.6 is 0 Å². The third kappa shape index (κ3) is 3.99. The molecular formula is C19H22N4O6S. The first kappa shape index (κ1) is 20.3. The summed E-state index contributed by atoms with van der Waals surface area (Å²) >= 11 is 0. The number of sulfonamides is 1. The van der Waals surface area contributed by atoms with Crippen LogP contribution in [0.3, 0.4) is 0 Å². The molecule has 10 nitrogen and oxygen atoms in total. The van der Waals surface area contributed by atoms with Gasteiger partial charge in [0.2, 0.25) is 12.7 Å². The maximum absolute atomic E-state index is 13.0. The molecule has 0 radical (unpaired) electrons. The molecule has 0 saturated carbocycles. The SMILES string of the molecule is COc1ccc(NS(=O)(=O)C2NNC(C)C2C(=O)Nc2ccc3c(c2)OCO3)cc1. The Morgan fingerprint density at radius 1 is 1.07 bits per heavy atom. The van der Waals surface area contributed by atoms with Gasteiger partial charge in [-0.15, -0.1) is 0 Å². The summed E-state index contributed by atoms with van der Waals surface area (Å²) in [6.45, 7) is 1.86. The number of rotatable bonds is 6. The summed E-state index contributed by atoms with van der Waals surface area (Å²) in [5.41, 5.74) is 6.42. The van der Waals surface area contributed by atoms with Gasteiger partial charge in [-0.3, -0.25) is 14.9 Å². The first-order chi connectivity index (χ1) is 14.4. The molecule has 0 spiro atoms. The molecule has 11 heteroatoms. The van der Waals surface area contributed by atoms with Crippen LogP contribution in [0.4, 0.5) is 11.4 Å². The Labute approximate surface area is 173 Å². The number of hydrazine groups is 1. The van der Waals surface area contributed by atoms with Gasteiger partial charge in [-0.1, -0.05) is 0 Å². The molecule has 2 aromatic rings. The van der Waals surface area contributed by atoms with Crippen molar-refractivity contribution >= 4 is 27.3 Å². The number of ether oxygens (including phenoxy) is 3. The first-order valence-electron chi connectivity index (χ1n) is 9.24. The lowest BCUT2D eigenvalue weighted by Crippen LogP contribution is -2.45. The fourth-order valence-electron chi connectivity index (χ4n) is 3.38. The minimum atomic E-state index is -3.93. The number of amides is 1. The van der Waals surface area contributed by atoms with Gasteiger partial charge in [0.15, 0.2) is 16.9 Å². The second kappa shape index (κ2) is 8.01. The van der Waals surface area contributed by atoms with Crippen LogP contribution in [0, 0.1) is 5.92 Å². The molecule has 1 saturated heterocycles. The minimum absolute atomic E-state index is 0.123. The summed E-state index contributed by atoms with van der Waals surface area (Å²) in [5, 5.41) is 1.58. The van der Waals surface area contributed by atoms with Gasteiger partial charge in [-0.2, -0.15) is 0 Å². The Kier molecular flexibility index (Phi) is 5.41. The van der Waals surface area contributed by atoms with Crippen LogP contribution in [0.5, 0.6) is 17.2 Å². The molecule has 4 N–H and O–H groups in total. The second-order valence-corrected chi connectivity index (χ2v) is 8.76. The number of hydrogen-bond donors (Lipinski definition) is 4. The van der Waals surface area contributed by atoms with Crippen molar-refractivity contribution in [2.45, 2.75) is 18.3 Å². The van der Waals surface area contributed by atoms with Crippen LogP contribution < -0.4 is 35.1 Å². The average Bonchev–Trinajstić information content (AvgIpc) is 3.34. The van der Waals surface area contributed by atoms with Gasteiger partial charge in [0.25, 0.3) is 10.0 Å². The highest BCUT2D eigenvalue weighted by atomic mass is 32.2. The van der Waals surface area contributed by atoms with Crippen LogP contribution in [-0.4, -0.2) is 39.6 Å². The van der Waals surface area contributed by atoms with Crippen molar-refractivity contribution in [3.05, 3.63) is 42.5 Å². The van der Waals surface area contributed by atoms with E-state index in [4.69, 9.17) is 14.2 Å². The third-order valence-electron chi connectivity index (χ3n) is 4.95. The zero-order chi connectivity index (χ0) is 21.3. The fourth-order valence-corrected chi connectivity index (χ4v) is 4.94. The number of anilines is 2. The van der Waals surface area contributed by atoms with Crippen LogP contribution in [0.25, 0.3) is 0 Å².